The van der Waals surface area contributed by atoms with Crippen molar-refractivity contribution in [2.24, 2.45) is 0 Å². The van der Waals surface area contributed by atoms with Gasteiger partial charge in [-0.1, -0.05) is 23.2 Å². The van der Waals surface area contributed by atoms with Gasteiger partial charge in [-0.15, -0.1) is 0 Å². The topological polar surface area (TPSA) is 66.9 Å². The van der Waals surface area contributed by atoms with E-state index < -0.39 is 0 Å². The number of anilines is 2. The standard InChI is InChI=1S/C22H26Cl2N4O3/c1-30-19-7-6-15(12-20(19)31-16-4-2-3-5-16)26-22(29)28-10-8-27(9-11-28)21-17(23)13-25-14-18(21)24/h6-7,12-14,16H,2-5,8-11H2,1H3,(H,26,29). The van der Waals surface area contributed by atoms with Crippen molar-refractivity contribution in [3.05, 3.63) is 40.6 Å². The van der Waals surface area contributed by atoms with E-state index >= 15 is 0 Å². The molecule has 2 fully saturated rings. The Morgan fingerprint density at radius 3 is 2.39 bits per heavy atom. The maximum Gasteiger partial charge on any atom is 0.321 e. The minimum Gasteiger partial charge on any atom is -0.493 e. The third-order valence-electron chi connectivity index (χ3n) is 5.72. The van der Waals surface area contributed by atoms with E-state index in [1.807, 2.05) is 18.2 Å². The highest BCUT2D eigenvalue weighted by Crippen LogP contribution is 2.35. The molecule has 1 N–H and O–H groups in total. The van der Waals surface area contributed by atoms with Gasteiger partial charge in [0, 0.05) is 50.3 Å². The number of hydrogen-bond acceptors (Lipinski definition) is 5. The number of piperazine rings is 1. The molecule has 0 bridgehead atoms. The van der Waals surface area contributed by atoms with Crippen LogP contribution in [-0.2, 0) is 0 Å². The van der Waals surface area contributed by atoms with Gasteiger partial charge in [0.05, 0.1) is 28.9 Å². The van der Waals surface area contributed by atoms with Crippen molar-refractivity contribution in [3.63, 3.8) is 0 Å². The molecule has 1 aliphatic carbocycles. The first-order chi connectivity index (χ1) is 15.0. The van der Waals surface area contributed by atoms with Crippen LogP contribution in [0.25, 0.3) is 0 Å². The minimum absolute atomic E-state index is 0.149. The number of pyridine rings is 1. The number of hydrogen-bond donors (Lipinski definition) is 1. The molecule has 2 aliphatic rings. The lowest BCUT2D eigenvalue weighted by atomic mass is 10.2. The van der Waals surface area contributed by atoms with Crippen molar-refractivity contribution in [1.82, 2.24) is 9.88 Å². The lowest BCUT2D eigenvalue weighted by Gasteiger charge is -2.36. The van der Waals surface area contributed by atoms with Crippen LogP contribution in [0.3, 0.4) is 0 Å². The van der Waals surface area contributed by atoms with Gasteiger partial charge >= 0.3 is 6.03 Å². The summed E-state index contributed by atoms with van der Waals surface area (Å²) in [6.07, 6.45) is 7.84. The Balaban J connectivity index is 1.37. The summed E-state index contributed by atoms with van der Waals surface area (Å²) in [5.74, 6) is 1.34. The fourth-order valence-electron chi connectivity index (χ4n) is 4.07. The predicted octanol–water partition coefficient (Wildman–Crippen LogP) is 5.07. The summed E-state index contributed by atoms with van der Waals surface area (Å²) >= 11 is 12.5. The highest BCUT2D eigenvalue weighted by atomic mass is 35.5. The highest BCUT2D eigenvalue weighted by Gasteiger charge is 2.25. The zero-order valence-corrected chi connectivity index (χ0v) is 19.0. The number of urea groups is 1. The number of carbonyl (C=O) groups is 1. The maximum atomic E-state index is 12.8. The Morgan fingerprint density at radius 1 is 1.06 bits per heavy atom. The van der Waals surface area contributed by atoms with E-state index in [1.54, 1.807) is 24.4 Å². The summed E-state index contributed by atoms with van der Waals surface area (Å²) in [5.41, 5.74) is 1.45. The van der Waals surface area contributed by atoms with Crippen molar-refractivity contribution in [2.45, 2.75) is 31.8 Å². The van der Waals surface area contributed by atoms with Crippen molar-refractivity contribution >= 4 is 40.6 Å². The van der Waals surface area contributed by atoms with E-state index in [4.69, 9.17) is 32.7 Å². The molecule has 4 rings (SSSR count). The molecule has 2 aromatic rings. The monoisotopic (exact) mass is 464 g/mol. The molecule has 7 nitrogen and oxygen atoms in total. The third kappa shape index (κ3) is 5.10. The van der Waals surface area contributed by atoms with E-state index in [1.165, 1.54) is 12.8 Å². The van der Waals surface area contributed by atoms with E-state index in [0.717, 1.165) is 18.5 Å². The smallest absolute Gasteiger partial charge is 0.321 e. The number of benzene rings is 1. The Morgan fingerprint density at radius 2 is 1.74 bits per heavy atom. The number of nitrogens with zero attached hydrogens (tertiary/aromatic N) is 3. The molecule has 0 atom stereocenters. The van der Waals surface area contributed by atoms with E-state index in [9.17, 15) is 4.79 Å². The largest absolute Gasteiger partial charge is 0.493 e. The molecule has 1 saturated carbocycles. The van der Waals surface area contributed by atoms with Crippen molar-refractivity contribution in [1.29, 1.82) is 0 Å². The van der Waals surface area contributed by atoms with Gasteiger partial charge in [0.1, 0.15) is 0 Å². The molecule has 2 amide bonds. The van der Waals surface area contributed by atoms with Crippen LogP contribution >= 0.6 is 23.2 Å². The van der Waals surface area contributed by atoms with Crippen molar-refractivity contribution in [2.75, 3.05) is 43.5 Å². The van der Waals surface area contributed by atoms with Gasteiger partial charge < -0.3 is 24.6 Å². The molecule has 1 saturated heterocycles. The van der Waals surface area contributed by atoms with E-state index in [2.05, 4.69) is 15.2 Å². The van der Waals surface area contributed by atoms with Crippen LogP contribution in [0, 0.1) is 0 Å². The zero-order valence-electron chi connectivity index (χ0n) is 17.4. The zero-order chi connectivity index (χ0) is 21.8. The van der Waals surface area contributed by atoms with Gasteiger partial charge in [-0.25, -0.2) is 4.79 Å². The van der Waals surface area contributed by atoms with Crippen LogP contribution in [-0.4, -0.2) is 55.3 Å². The van der Waals surface area contributed by atoms with Crippen LogP contribution in [0.5, 0.6) is 11.5 Å². The maximum absolute atomic E-state index is 12.8. The number of nitrogens with one attached hydrogen (secondary N) is 1. The van der Waals surface area contributed by atoms with Crippen molar-refractivity contribution in [3.8, 4) is 11.5 Å². The summed E-state index contributed by atoms with van der Waals surface area (Å²) in [7, 11) is 1.62. The number of methoxy groups -OCH3 is 1. The first-order valence-corrected chi connectivity index (χ1v) is 11.3. The normalized spacial score (nSPS) is 17.0. The fourth-order valence-corrected chi connectivity index (χ4v) is 4.68. The molecule has 0 spiro atoms. The molecule has 166 valence electrons. The third-order valence-corrected chi connectivity index (χ3v) is 6.28. The van der Waals surface area contributed by atoms with E-state index in [-0.39, 0.29) is 12.1 Å². The van der Waals surface area contributed by atoms with Crippen LogP contribution in [0.1, 0.15) is 25.7 Å². The van der Waals surface area contributed by atoms with Gasteiger partial charge in [-0.3, -0.25) is 4.98 Å². The van der Waals surface area contributed by atoms with Gasteiger partial charge in [0.25, 0.3) is 0 Å². The van der Waals surface area contributed by atoms with Crippen LogP contribution < -0.4 is 19.7 Å². The first-order valence-electron chi connectivity index (χ1n) is 10.5. The van der Waals surface area contributed by atoms with Crippen LogP contribution in [0.2, 0.25) is 10.0 Å². The lowest BCUT2D eigenvalue weighted by Crippen LogP contribution is -2.50. The molecule has 1 aromatic carbocycles. The summed E-state index contributed by atoms with van der Waals surface area (Å²) < 4.78 is 11.5. The molecule has 1 aromatic heterocycles. The number of rotatable bonds is 5. The van der Waals surface area contributed by atoms with Crippen molar-refractivity contribution < 1.29 is 14.3 Å². The van der Waals surface area contributed by atoms with Gasteiger partial charge in [-0.2, -0.15) is 0 Å². The summed E-state index contributed by atoms with van der Waals surface area (Å²) in [6.45, 7) is 2.38. The number of carbonyl (C=O) groups excluding carboxylic acids is 1. The number of halogens is 2. The fraction of sp³-hybridized carbons (Fsp3) is 0.455. The molecule has 2 heterocycles. The minimum atomic E-state index is -0.149. The SMILES string of the molecule is COc1ccc(NC(=O)N2CCN(c3c(Cl)cncc3Cl)CC2)cc1OC1CCCC1. The summed E-state index contributed by atoms with van der Waals surface area (Å²) in [5, 5.41) is 4.00. The molecule has 0 unspecified atom stereocenters. The lowest BCUT2D eigenvalue weighted by molar-refractivity contribution is 0.201. The average Bonchev–Trinajstić information content (AvgIpc) is 3.27. The van der Waals surface area contributed by atoms with Crippen LogP contribution in [0.15, 0.2) is 30.6 Å². The molecule has 0 radical (unpaired) electrons. The summed E-state index contributed by atoms with van der Waals surface area (Å²) in [4.78, 5) is 20.7. The molecule has 31 heavy (non-hydrogen) atoms. The Labute approximate surface area is 192 Å². The predicted molar refractivity (Wildman–Crippen MR) is 123 cm³/mol. The molecule has 1 aliphatic heterocycles. The second kappa shape index (κ2) is 9.83. The number of amides is 2. The number of ether oxygens (including phenoxy) is 2. The van der Waals surface area contributed by atoms with Gasteiger partial charge in [0.15, 0.2) is 11.5 Å². The average molecular weight is 465 g/mol. The first kappa shape index (κ1) is 21.8. The second-order valence-electron chi connectivity index (χ2n) is 7.75. The van der Waals surface area contributed by atoms with Crippen LogP contribution in [0.4, 0.5) is 16.2 Å². The Bertz CT molecular complexity index is 909. The summed E-state index contributed by atoms with van der Waals surface area (Å²) in [6, 6.07) is 5.33. The molecule has 9 heteroatoms. The van der Waals surface area contributed by atoms with Gasteiger partial charge in [0.2, 0.25) is 0 Å². The Hall–Kier alpha value is -2.38. The molecular weight excluding hydrogens is 439 g/mol. The van der Waals surface area contributed by atoms with E-state index in [0.29, 0.717) is 53.4 Å². The Kier molecular flexibility index (Phi) is 6.92. The number of aromatic nitrogens is 1. The quantitative estimate of drug-likeness (QED) is 0.668. The second-order valence-corrected chi connectivity index (χ2v) is 8.56. The highest BCUT2D eigenvalue weighted by molar-refractivity contribution is 6.38. The molecular formula is C22H26Cl2N4O3. The van der Waals surface area contributed by atoms with Gasteiger partial charge in [-0.05, 0) is 37.8 Å².